The molecule has 0 fully saturated rings. The Hall–Kier alpha value is -2.34. The minimum absolute atomic E-state index is 0.00664. The summed E-state index contributed by atoms with van der Waals surface area (Å²) in [5.74, 6) is 0.944. The number of nitrogens with one attached hydrogen (secondary N) is 1. The van der Waals surface area contributed by atoms with Gasteiger partial charge in [0, 0.05) is 29.9 Å². The molecule has 1 amide bonds. The lowest BCUT2D eigenvalue weighted by Gasteiger charge is -2.09. The fourth-order valence-electron chi connectivity index (χ4n) is 2.69. The van der Waals surface area contributed by atoms with Crippen molar-refractivity contribution in [2.75, 3.05) is 12.3 Å². The van der Waals surface area contributed by atoms with Crippen LogP contribution < -0.4 is 5.32 Å². The van der Waals surface area contributed by atoms with Crippen LogP contribution in [0.1, 0.15) is 35.0 Å². The molecular weight excluding hydrogens is 332 g/mol. The normalized spacial score (nSPS) is 11.0. The summed E-state index contributed by atoms with van der Waals surface area (Å²) in [6.45, 7) is 4.68. The molecule has 0 saturated heterocycles. The minimum atomic E-state index is -0.00664. The predicted molar refractivity (Wildman–Crippen MR) is 101 cm³/mol. The van der Waals surface area contributed by atoms with Crippen molar-refractivity contribution in [1.29, 1.82) is 0 Å². The fraction of sp³-hybridized carbons (Fsp3) is 0.316. The van der Waals surface area contributed by atoms with E-state index in [4.69, 9.17) is 0 Å². The zero-order valence-corrected chi connectivity index (χ0v) is 15.3. The quantitative estimate of drug-likeness (QED) is 0.521. The molecule has 1 N–H and O–H groups in total. The van der Waals surface area contributed by atoms with Gasteiger partial charge in [0.1, 0.15) is 0 Å². The number of thioether (sulfide) groups is 1. The average Bonchev–Trinajstić information content (AvgIpc) is 2.98. The van der Waals surface area contributed by atoms with Gasteiger partial charge >= 0.3 is 0 Å². The molecule has 0 aliphatic heterocycles. The summed E-state index contributed by atoms with van der Waals surface area (Å²) in [6.07, 6.45) is 5.60. The molecule has 0 radical (unpaired) electrons. The monoisotopic (exact) mass is 354 g/mol. The highest BCUT2D eigenvalue weighted by atomic mass is 32.2. The van der Waals surface area contributed by atoms with Crippen molar-refractivity contribution in [3.63, 3.8) is 0 Å². The predicted octanol–water partition coefficient (Wildman–Crippen LogP) is 3.51. The van der Waals surface area contributed by atoms with E-state index in [2.05, 4.69) is 22.3 Å². The molecule has 25 heavy (non-hydrogen) atoms. The van der Waals surface area contributed by atoms with Crippen molar-refractivity contribution in [2.24, 2.45) is 0 Å². The molecule has 0 unspecified atom stereocenters. The van der Waals surface area contributed by atoms with Gasteiger partial charge in [0.2, 0.25) is 0 Å². The van der Waals surface area contributed by atoms with E-state index in [0.717, 1.165) is 46.0 Å². The van der Waals surface area contributed by atoms with E-state index in [0.29, 0.717) is 6.54 Å². The highest BCUT2D eigenvalue weighted by Gasteiger charge is 2.10. The van der Waals surface area contributed by atoms with Crippen LogP contribution in [0.2, 0.25) is 0 Å². The van der Waals surface area contributed by atoms with Gasteiger partial charge in [-0.05, 0) is 43.2 Å². The highest BCUT2D eigenvalue weighted by molar-refractivity contribution is 7.99. The van der Waals surface area contributed by atoms with Crippen LogP contribution in [0, 0.1) is 6.92 Å². The van der Waals surface area contributed by atoms with E-state index in [-0.39, 0.29) is 5.91 Å². The Morgan fingerprint density at radius 3 is 3.00 bits per heavy atom. The number of hydrogen-bond acceptors (Lipinski definition) is 4. The summed E-state index contributed by atoms with van der Waals surface area (Å²) in [6, 6.07) is 9.70. The van der Waals surface area contributed by atoms with Crippen LogP contribution in [-0.2, 0) is 6.42 Å². The first-order valence-corrected chi connectivity index (χ1v) is 9.47. The molecule has 0 aliphatic rings. The van der Waals surface area contributed by atoms with Crippen molar-refractivity contribution in [3.05, 3.63) is 59.5 Å². The van der Waals surface area contributed by atoms with E-state index < -0.39 is 0 Å². The molecule has 3 rings (SSSR count). The van der Waals surface area contributed by atoms with Crippen LogP contribution in [0.25, 0.3) is 5.65 Å². The summed E-state index contributed by atoms with van der Waals surface area (Å²) >= 11 is 1.69. The number of carbonyl (C=O) groups excluding carboxylic acids is 1. The average molecular weight is 354 g/mol. The fourth-order valence-corrected chi connectivity index (χ4v) is 3.49. The molecule has 0 spiro atoms. The summed E-state index contributed by atoms with van der Waals surface area (Å²) in [5.41, 5.74) is 3.69. The maximum absolute atomic E-state index is 12.4. The third-order valence-electron chi connectivity index (χ3n) is 3.85. The van der Waals surface area contributed by atoms with Gasteiger partial charge in [0.05, 0.1) is 11.3 Å². The van der Waals surface area contributed by atoms with Gasteiger partial charge in [-0.3, -0.25) is 4.79 Å². The molecule has 6 heteroatoms. The number of amides is 1. The Kier molecular flexibility index (Phi) is 5.71. The van der Waals surface area contributed by atoms with Gasteiger partial charge in [-0.2, -0.15) is 5.10 Å². The number of aryl methyl sites for hydroxylation is 2. The van der Waals surface area contributed by atoms with E-state index in [9.17, 15) is 4.79 Å². The Balaban J connectivity index is 1.53. The lowest BCUT2D eigenvalue weighted by atomic mass is 10.2. The van der Waals surface area contributed by atoms with Crippen LogP contribution in [0.4, 0.5) is 0 Å². The third kappa shape index (κ3) is 4.39. The number of carbonyl (C=O) groups is 1. The van der Waals surface area contributed by atoms with Crippen LogP contribution >= 0.6 is 11.8 Å². The Labute approximate surface area is 151 Å². The summed E-state index contributed by atoms with van der Waals surface area (Å²) in [5, 5.41) is 7.39. The molecule has 0 bridgehead atoms. The molecule has 0 saturated carbocycles. The number of benzene rings is 1. The summed E-state index contributed by atoms with van der Waals surface area (Å²) in [4.78, 5) is 17.8. The van der Waals surface area contributed by atoms with Crippen molar-refractivity contribution in [3.8, 4) is 0 Å². The van der Waals surface area contributed by atoms with Crippen LogP contribution in [0.5, 0.6) is 0 Å². The second kappa shape index (κ2) is 8.16. The second-order valence-corrected chi connectivity index (χ2v) is 7.15. The second-order valence-electron chi connectivity index (χ2n) is 5.84. The molecule has 0 aliphatic carbocycles. The van der Waals surface area contributed by atoms with E-state index >= 15 is 0 Å². The Morgan fingerprint density at radius 1 is 1.32 bits per heavy atom. The lowest BCUT2D eigenvalue weighted by Crippen LogP contribution is -2.25. The SMILES string of the molecule is CCSc1ccccc1C(=O)NCCCc1cnc2cc(C)nn2c1. The van der Waals surface area contributed by atoms with E-state index in [1.807, 2.05) is 54.2 Å². The van der Waals surface area contributed by atoms with Gasteiger partial charge in [0.25, 0.3) is 5.91 Å². The first-order chi connectivity index (χ1) is 12.2. The third-order valence-corrected chi connectivity index (χ3v) is 4.80. The molecule has 0 atom stereocenters. The summed E-state index contributed by atoms with van der Waals surface area (Å²) < 4.78 is 1.81. The molecular formula is C19H22N4OS. The van der Waals surface area contributed by atoms with Crippen LogP contribution in [0.15, 0.2) is 47.6 Å². The maximum atomic E-state index is 12.4. The molecule has 2 aromatic heterocycles. The number of rotatable bonds is 7. The molecule has 2 heterocycles. The zero-order valence-electron chi connectivity index (χ0n) is 14.5. The Bertz CT molecular complexity index is 875. The Morgan fingerprint density at radius 2 is 2.16 bits per heavy atom. The van der Waals surface area contributed by atoms with Crippen molar-refractivity contribution in [1.82, 2.24) is 19.9 Å². The number of aromatic nitrogens is 3. The topological polar surface area (TPSA) is 59.3 Å². The molecule has 1 aromatic carbocycles. The van der Waals surface area contributed by atoms with Crippen molar-refractivity contribution in [2.45, 2.75) is 31.6 Å². The number of fused-ring (bicyclic) bond motifs is 1. The van der Waals surface area contributed by atoms with E-state index in [1.165, 1.54) is 0 Å². The maximum Gasteiger partial charge on any atom is 0.252 e. The molecule has 130 valence electrons. The van der Waals surface area contributed by atoms with Crippen molar-refractivity contribution < 1.29 is 4.79 Å². The highest BCUT2D eigenvalue weighted by Crippen LogP contribution is 2.22. The zero-order chi connectivity index (χ0) is 17.6. The number of nitrogens with zero attached hydrogens (tertiary/aromatic N) is 3. The van der Waals surface area contributed by atoms with E-state index in [1.54, 1.807) is 11.8 Å². The van der Waals surface area contributed by atoms with Gasteiger partial charge in [-0.1, -0.05) is 19.1 Å². The number of hydrogen-bond donors (Lipinski definition) is 1. The van der Waals surface area contributed by atoms with Gasteiger partial charge in [-0.25, -0.2) is 9.50 Å². The standard InChI is InChI=1S/C19H22N4OS/c1-3-25-17-9-5-4-8-16(17)19(24)20-10-6-7-15-12-21-18-11-14(2)22-23(18)13-15/h4-5,8-9,11-13H,3,6-7,10H2,1-2H3,(H,20,24). The molecule has 5 nitrogen and oxygen atoms in total. The van der Waals surface area contributed by atoms with Crippen molar-refractivity contribution >= 4 is 23.3 Å². The largest absolute Gasteiger partial charge is 0.352 e. The van der Waals surface area contributed by atoms with Crippen LogP contribution in [0.3, 0.4) is 0 Å². The first-order valence-electron chi connectivity index (χ1n) is 8.48. The molecule has 3 aromatic rings. The smallest absolute Gasteiger partial charge is 0.252 e. The first kappa shape index (κ1) is 17.5. The minimum Gasteiger partial charge on any atom is -0.352 e. The van der Waals surface area contributed by atoms with Gasteiger partial charge < -0.3 is 5.32 Å². The van der Waals surface area contributed by atoms with Crippen LogP contribution in [-0.4, -0.2) is 32.8 Å². The lowest BCUT2D eigenvalue weighted by molar-refractivity contribution is 0.0950. The van der Waals surface area contributed by atoms with Gasteiger partial charge in [-0.15, -0.1) is 11.8 Å². The summed E-state index contributed by atoms with van der Waals surface area (Å²) in [7, 11) is 0. The van der Waals surface area contributed by atoms with Gasteiger partial charge in [0.15, 0.2) is 5.65 Å².